The van der Waals surface area contributed by atoms with Gasteiger partial charge in [0.1, 0.15) is 5.15 Å². The van der Waals surface area contributed by atoms with Crippen LogP contribution in [0.1, 0.15) is 29.6 Å². The molecule has 2 rings (SSSR count). The molecule has 1 fully saturated rings. The van der Waals surface area contributed by atoms with E-state index >= 15 is 0 Å². The summed E-state index contributed by atoms with van der Waals surface area (Å²) in [5.74, 6) is 0.811. The normalized spacial score (nSPS) is 15.8. The van der Waals surface area contributed by atoms with Gasteiger partial charge in [-0.3, -0.25) is 4.79 Å². The van der Waals surface area contributed by atoms with Crippen LogP contribution in [0.3, 0.4) is 0 Å². The lowest BCUT2D eigenvalue weighted by atomic mass is 10.1. The number of halogens is 1. The lowest BCUT2D eigenvalue weighted by Gasteiger charge is -1.98. The number of aromatic nitrogens is 1. The van der Waals surface area contributed by atoms with Gasteiger partial charge < -0.3 is 0 Å². The Labute approximate surface area is 81.9 Å². The molecule has 0 atom stereocenters. The molecule has 68 valence electrons. The van der Waals surface area contributed by atoms with Crippen LogP contribution in [0.5, 0.6) is 0 Å². The lowest BCUT2D eigenvalue weighted by molar-refractivity contribution is 0.0976. The molecular weight excluding hydrogens is 186 g/mol. The van der Waals surface area contributed by atoms with Crippen LogP contribution < -0.4 is 0 Å². The third-order valence-corrected chi connectivity index (χ3v) is 2.43. The van der Waals surface area contributed by atoms with Gasteiger partial charge in [0.05, 0.1) is 0 Å². The Morgan fingerprint density at radius 2 is 2.38 bits per heavy atom. The largest absolute Gasteiger partial charge is 0.294 e. The Morgan fingerprint density at radius 3 is 3.00 bits per heavy atom. The predicted molar refractivity (Wildman–Crippen MR) is 50.9 cm³/mol. The third-order valence-electron chi connectivity index (χ3n) is 2.22. The predicted octanol–water partition coefficient (Wildman–Crippen LogP) is 2.72. The molecule has 1 aromatic heterocycles. The summed E-state index contributed by atoms with van der Waals surface area (Å²) in [5, 5.41) is 0.390. The van der Waals surface area contributed by atoms with Crippen LogP contribution in [-0.4, -0.2) is 10.8 Å². The average Bonchev–Trinajstić information content (AvgIpc) is 2.88. The fourth-order valence-electron chi connectivity index (χ4n) is 1.28. The molecular formula is C10H10ClNO. The van der Waals surface area contributed by atoms with E-state index in [0.29, 0.717) is 23.1 Å². The molecule has 13 heavy (non-hydrogen) atoms. The van der Waals surface area contributed by atoms with Gasteiger partial charge in [0.25, 0.3) is 0 Å². The van der Waals surface area contributed by atoms with Crippen molar-refractivity contribution in [2.75, 3.05) is 0 Å². The van der Waals surface area contributed by atoms with Gasteiger partial charge in [-0.2, -0.15) is 0 Å². The minimum absolute atomic E-state index is 0.187. The molecule has 0 amide bonds. The van der Waals surface area contributed by atoms with E-state index in [4.69, 9.17) is 11.6 Å². The Hall–Kier alpha value is -0.890. The van der Waals surface area contributed by atoms with Crippen LogP contribution in [0.25, 0.3) is 0 Å². The first kappa shape index (κ1) is 8.70. The van der Waals surface area contributed by atoms with E-state index in [2.05, 4.69) is 4.98 Å². The van der Waals surface area contributed by atoms with Gasteiger partial charge in [0.2, 0.25) is 0 Å². The standard InChI is InChI=1S/C10H10ClNO/c11-10-6-8(3-4-12-10)9(13)5-7-1-2-7/h3-4,6-7H,1-2,5H2. The topological polar surface area (TPSA) is 30.0 Å². The van der Waals surface area contributed by atoms with Crippen LogP contribution in [0.4, 0.5) is 0 Å². The maximum Gasteiger partial charge on any atom is 0.163 e. The molecule has 0 spiro atoms. The second-order valence-corrected chi connectivity index (χ2v) is 3.83. The second kappa shape index (κ2) is 3.46. The number of rotatable bonds is 3. The molecule has 0 radical (unpaired) electrons. The molecule has 0 aliphatic heterocycles. The van der Waals surface area contributed by atoms with Crippen molar-refractivity contribution < 1.29 is 4.79 Å². The van der Waals surface area contributed by atoms with E-state index in [1.165, 1.54) is 12.8 Å². The van der Waals surface area contributed by atoms with E-state index in [-0.39, 0.29) is 5.78 Å². The molecule has 1 saturated carbocycles. The molecule has 1 heterocycles. The van der Waals surface area contributed by atoms with Gasteiger partial charge in [-0.15, -0.1) is 0 Å². The fraction of sp³-hybridized carbons (Fsp3) is 0.400. The molecule has 3 heteroatoms. The molecule has 0 saturated heterocycles. The van der Waals surface area contributed by atoms with Crippen molar-refractivity contribution in [3.05, 3.63) is 29.0 Å². The van der Waals surface area contributed by atoms with Crippen molar-refractivity contribution >= 4 is 17.4 Å². The van der Waals surface area contributed by atoms with Gasteiger partial charge in [0, 0.05) is 18.2 Å². The SMILES string of the molecule is O=C(CC1CC1)c1ccnc(Cl)c1. The van der Waals surface area contributed by atoms with Crippen LogP contribution in [0.2, 0.25) is 5.15 Å². The van der Waals surface area contributed by atoms with Crippen molar-refractivity contribution in [2.45, 2.75) is 19.3 Å². The smallest absolute Gasteiger partial charge is 0.163 e. The summed E-state index contributed by atoms with van der Waals surface area (Å²) in [7, 11) is 0. The number of Topliss-reactive ketones (excluding diaryl/α,β-unsaturated/α-hetero) is 1. The van der Waals surface area contributed by atoms with Gasteiger partial charge in [-0.25, -0.2) is 4.98 Å². The maximum atomic E-state index is 11.6. The van der Waals surface area contributed by atoms with Crippen molar-refractivity contribution in [1.29, 1.82) is 0 Å². The Morgan fingerprint density at radius 1 is 1.62 bits per heavy atom. The molecule has 0 aromatic carbocycles. The van der Waals surface area contributed by atoms with Crippen molar-refractivity contribution in [3.8, 4) is 0 Å². The highest BCUT2D eigenvalue weighted by atomic mass is 35.5. The average molecular weight is 196 g/mol. The van der Waals surface area contributed by atoms with Gasteiger partial charge in [-0.05, 0) is 30.9 Å². The maximum absolute atomic E-state index is 11.6. The van der Waals surface area contributed by atoms with Crippen molar-refractivity contribution in [2.24, 2.45) is 5.92 Å². The first-order valence-electron chi connectivity index (χ1n) is 4.40. The highest BCUT2D eigenvalue weighted by molar-refractivity contribution is 6.29. The Bertz CT molecular complexity index is 333. The van der Waals surface area contributed by atoms with Gasteiger partial charge in [0.15, 0.2) is 5.78 Å². The molecule has 0 N–H and O–H groups in total. The first-order valence-corrected chi connectivity index (χ1v) is 4.78. The van der Waals surface area contributed by atoms with Gasteiger partial charge >= 0.3 is 0 Å². The summed E-state index contributed by atoms with van der Waals surface area (Å²) >= 11 is 5.68. The molecule has 1 aromatic rings. The van der Waals surface area contributed by atoms with E-state index in [1.54, 1.807) is 18.3 Å². The number of hydrogen-bond acceptors (Lipinski definition) is 2. The summed E-state index contributed by atoms with van der Waals surface area (Å²) in [5.41, 5.74) is 0.687. The van der Waals surface area contributed by atoms with Crippen molar-refractivity contribution in [3.63, 3.8) is 0 Å². The quantitative estimate of drug-likeness (QED) is 0.548. The zero-order chi connectivity index (χ0) is 9.26. The van der Waals surface area contributed by atoms with Crippen LogP contribution in [0, 0.1) is 5.92 Å². The molecule has 0 bridgehead atoms. The summed E-state index contributed by atoms with van der Waals surface area (Å²) in [6.45, 7) is 0. The molecule has 1 aliphatic carbocycles. The molecule has 0 unspecified atom stereocenters. The summed E-state index contributed by atoms with van der Waals surface area (Å²) in [6, 6.07) is 3.35. The number of ketones is 1. The highest BCUT2D eigenvalue weighted by Gasteiger charge is 2.24. The zero-order valence-corrected chi connectivity index (χ0v) is 7.92. The number of pyridine rings is 1. The minimum atomic E-state index is 0.187. The zero-order valence-electron chi connectivity index (χ0n) is 7.16. The fourth-order valence-corrected chi connectivity index (χ4v) is 1.45. The highest BCUT2D eigenvalue weighted by Crippen LogP contribution is 2.33. The van der Waals surface area contributed by atoms with Crippen LogP contribution in [-0.2, 0) is 0 Å². The van der Waals surface area contributed by atoms with E-state index in [9.17, 15) is 4.79 Å². The second-order valence-electron chi connectivity index (χ2n) is 3.44. The van der Waals surface area contributed by atoms with Crippen molar-refractivity contribution in [1.82, 2.24) is 4.98 Å². The van der Waals surface area contributed by atoms with Crippen LogP contribution in [0.15, 0.2) is 18.3 Å². The minimum Gasteiger partial charge on any atom is -0.294 e. The summed E-state index contributed by atoms with van der Waals surface area (Å²) < 4.78 is 0. The Balaban J connectivity index is 2.09. The summed E-state index contributed by atoms with van der Waals surface area (Å²) in [4.78, 5) is 15.4. The number of hydrogen-bond donors (Lipinski definition) is 0. The van der Waals surface area contributed by atoms with Gasteiger partial charge in [-0.1, -0.05) is 11.6 Å². The first-order chi connectivity index (χ1) is 6.25. The number of carbonyl (C=O) groups is 1. The number of nitrogens with zero attached hydrogens (tertiary/aromatic N) is 1. The molecule has 2 nitrogen and oxygen atoms in total. The Kier molecular flexibility index (Phi) is 2.32. The molecule has 1 aliphatic rings. The lowest BCUT2D eigenvalue weighted by Crippen LogP contribution is -2.00. The number of carbonyl (C=O) groups excluding carboxylic acids is 1. The monoisotopic (exact) mass is 195 g/mol. The van der Waals surface area contributed by atoms with Crippen LogP contribution >= 0.6 is 11.6 Å². The van der Waals surface area contributed by atoms with E-state index in [0.717, 1.165) is 0 Å². The van der Waals surface area contributed by atoms with E-state index in [1.807, 2.05) is 0 Å². The van der Waals surface area contributed by atoms with E-state index < -0.39 is 0 Å². The third kappa shape index (κ3) is 2.28. The summed E-state index contributed by atoms with van der Waals surface area (Å²) in [6.07, 6.45) is 4.64.